The average Bonchev–Trinajstić information content (AvgIpc) is 2.37. The number of carbonyl (C=O) groups excluding carboxylic acids is 2. The van der Waals surface area contributed by atoms with Gasteiger partial charge in [0.1, 0.15) is 0 Å². The van der Waals surface area contributed by atoms with Crippen LogP contribution in [0.25, 0.3) is 0 Å². The van der Waals surface area contributed by atoms with Crippen LogP contribution in [0.5, 0.6) is 0 Å². The molecule has 0 aliphatic rings. The molecule has 7 heteroatoms. The Morgan fingerprint density at radius 2 is 1.75 bits per heavy atom. The molecule has 1 atom stereocenters. The Labute approximate surface area is 114 Å². The van der Waals surface area contributed by atoms with Gasteiger partial charge >= 0.3 is 12.2 Å². The lowest BCUT2D eigenvalue weighted by Crippen LogP contribution is -2.40. The van der Waals surface area contributed by atoms with Gasteiger partial charge < -0.3 is 10.6 Å². The van der Waals surface area contributed by atoms with E-state index in [9.17, 15) is 22.8 Å². The summed E-state index contributed by atoms with van der Waals surface area (Å²) in [6.45, 7) is 3.21. The number of benzene rings is 1. The topological polar surface area (TPSA) is 58.2 Å². The van der Waals surface area contributed by atoms with E-state index in [0.717, 1.165) is 24.3 Å². The third-order valence-corrected chi connectivity index (χ3v) is 2.65. The van der Waals surface area contributed by atoms with Crippen LogP contribution in [0, 0.1) is 0 Å². The molecule has 0 bridgehead atoms. The zero-order valence-electron chi connectivity index (χ0n) is 11.0. The Bertz CT molecular complexity index is 483. The normalized spacial score (nSPS) is 12.7. The molecule has 110 valence electrons. The molecule has 4 nitrogen and oxygen atoms in total. The Morgan fingerprint density at radius 1 is 1.20 bits per heavy atom. The van der Waals surface area contributed by atoms with Crippen LogP contribution in [0.2, 0.25) is 0 Å². The lowest BCUT2D eigenvalue weighted by Gasteiger charge is -2.13. The molecule has 1 rings (SSSR count). The van der Waals surface area contributed by atoms with E-state index >= 15 is 0 Å². The Morgan fingerprint density at radius 3 is 2.20 bits per heavy atom. The molecule has 1 aromatic carbocycles. The number of nitrogens with one attached hydrogen (secondary N) is 2. The predicted molar refractivity (Wildman–Crippen MR) is 68.4 cm³/mol. The highest BCUT2D eigenvalue weighted by molar-refractivity contribution is 5.94. The fraction of sp³-hybridized carbons (Fsp3) is 0.385. The van der Waals surface area contributed by atoms with Crippen LogP contribution >= 0.6 is 0 Å². The largest absolute Gasteiger partial charge is 0.416 e. The van der Waals surface area contributed by atoms with E-state index in [2.05, 4.69) is 10.6 Å². The quantitative estimate of drug-likeness (QED) is 0.894. The summed E-state index contributed by atoms with van der Waals surface area (Å²) in [6, 6.07) is 2.75. The van der Waals surface area contributed by atoms with Gasteiger partial charge in [0, 0.05) is 12.1 Å². The molecule has 0 aromatic heterocycles. The number of Topliss-reactive ketones (excluding diaryl/α,β-unsaturated/α-hetero) is 1. The SMILES string of the molecule is CCC(=O)C(C)NC(=O)Nc1ccc(C(F)(F)F)cc1. The van der Waals surface area contributed by atoms with E-state index in [1.807, 2.05) is 0 Å². The van der Waals surface area contributed by atoms with Crippen LogP contribution in [0.3, 0.4) is 0 Å². The molecule has 0 heterocycles. The van der Waals surface area contributed by atoms with E-state index in [4.69, 9.17) is 0 Å². The second-order valence-electron chi connectivity index (χ2n) is 4.22. The summed E-state index contributed by atoms with van der Waals surface area (Å²) in [7, 11) is 0. The van der Waals surface area contributed by atoms with Crippen molar-refractivity contribution >= 4 is 17.5 Å². The highest BCUT2D eigenvalue weighted by Crippen LogP contribution is 2.29. The van der Waals surface area contributed by atoms with Gasteiger partial charge in [0.2, 0.25) is 0 Å². The minimum Gasteiger partial charge on any atom is -0.328 e. The van der Waals surface area contributed by atoms with Crippen molar-refractivity contribution in [3.05, 3.63) is 29.8 Å². The number of ketones is 1. The molecular formula is C13H15F3N2O2. The second-order valence-corrected chi connectivity index (χ2v) is 4.22. The van der Waals surface area contributed by atoms with E-state index in [1.165, 1.54) is 6.92 Å². The van der Waals surface area contributed by atoms with Crippen LogP contribution in [-0.4, -0.2) is 17.9 Å². The van der Waals surface area contributed by atoms with Crippen molar-refractivity contribution < 1.29 is 22.8 Å². The van der Waals surface area contributed by atoms with Crippen molar-refractivity contribution in [3.63, 3.8) is 0 Å². The van der Waals surface area contributed by atoms with Gasteiger partial charge in [-0.05, 0) is 31.2 Å². The predicted octanol–water partition coefficient (Wildman–Crippen LogP) is 3.19. The molecule has 1 unspecified atom stereocenters. The van der Waals surface area contributed by atoms with E-state index in [0.29, 0.717) is 6.42 Å². The fourth-order valence-electron chi connectivity index (χ4n) is 1.49. The summed E-state index contributed by atoms with van der Waals surface area (Å²) in [5.41, 5.74) is -0.579. The summed E-state index contributed by atoms with van der Waals surface area (Å²) in [5.74, 6) is -0.132. The minimum absolute atomic E-state index is 0.132. The van der Waals surface area contributed by atoms with Crippen molar-refractivity contribution in [1.29, 1.82) is 0 Å². The standard InChI is InChI=1S/C13H15F3N2O2/c1-3-11(19)8(2)17-12(20)18-10-6-4-9(5-7-10)13(14,15)16/h4-8H,3H2,1-2H3,(H2,17,18,20). The molecule has 0 fully saturated rings. The molecule has 0 aliphatic carbocycles. The van der Waals surface area contributed by atoms with E-state index in [-0.39, 0.29) is 11.5 Å². The van der Waals surface area contributed by atoms with Crippen LogP contribution in [-0.2, 0) is 11.0 Å². The number of alkyl halides is 3. The van der Waals surface area contributed by atoms with Gasteiger partial charge in [-0.3, -0.25) is 4.79 Å². The van der Waals surface area contributed by atoms with Crippen molar-refractivity contribution in [2.45, 2.75) is 32.5 Å². The molecule has 0 aliphatic heterocycles. The maximum Gasteiger partial charge on any atom is 0.416 e. The van der Waals surface area contributed by atoms with E-state index in [1.54, 1.807) is 6.92 Å². The molecule has 20 heavy (non-hydrogen) atoms. The molecule has 1 aromatic rings. The number of anilines is 1. The van der Waals surface area contributed by atoms with Gasteiger partial charge in [0.15, 0.2) is 5.78 Å². The third-order valence-electron chi connectivity index (χ3n) is 2.65. The summed E-state index contributed by atoms with van der Waals surface area (Å²) in [5, 5.41) is 4.76. The van der Waals surface area contributed by atoms with Crippen LogP contribution in [0.4, 0.5) is 23.7 Å². The van der Waals surface area contributed by atoms with Crippen LogP contribution in [0.15, 0.2) is 24.3 Å². The monoisotopic (exact) mass is 288 g/mol. The first-order chi connectivity index (χ1) is 9.24. The van der Waals surface area contributed by atoms with Crippen LogP contribution < -0.4 is 10.6 Å². The maximum atomic E-state index is 12.3. The van der Waals surface area contributed by atoms with Gasteiger partial charge in [0.05, 0.1) is 11.6 Å². The van der Waals surface area contributed by atoms with Gasteiger partial charge in [-0.25, -0.2) is 4.79 Å². The van der Waals surface area contributed by atoms with Crippen molar-refractivity contribution in [3.8, 4) is 0 Å². The number of rotatable bonds is 4. The number of hydrogen-bond donors (Lipinski definition) is 2. The zero-order chi connectivity index (χ0) is 15.3. The molecule has 0 saturated heterocycles. The number of carbonyl (C=O) groups is 2. The average molecular weight is 288 g/mol. The zero-order valence-corrected chi connectivity index (χ0v) is 11.0. The number of hydrogen-bond acceptors (Lipinski definition) is 2. The van der Waals surface area contributed by atoms with Crippen molar-refractivity contribution in [2.24, 2.45) is 0 Å². The number of urea groups is 1. The lowest BCUT2D eigenvalue weighted by molar-refractivity contribution is -0.137. The molecule has 0 radical (unpaired) electrons. The molecule has 2 amide bonds. The highest BCUT2D eigenvalue weighted by Gasteiger charge is 2.30. The summed E-state index contributed by atoms with van der Waals surface area (Å²) in [4.78, 5) is 22.8. The molecular weight excluding hydrogens is 273 g/mol. The highest BCUT2D eigenvalue weighted by atomic mass is 19.4. The Hall–Kier alpha value is -2.05. The first-order valence-corrected chi connectivity index (χ1v) is 6.01. The van der Waals surface area contributed by atoms with Gasteiger partial charge in [-0.1, -0.05) is 6.92 Å². The van der Waals surface area contributed by atoms with Crippen LogP contribution in [0.1, 0.15) is 25.8 Å². The maximum absolute atomic E-state index is 12.3. The smallest absolute Gasteiger partial charge is 0.328 e. The summed E-state index contributed by atoms with van der Waals surface area (Å²) < 4.78 is 37.0. The van der Waals surface area contributed by atoms with Crippen molar-refractivity contribution in [1.82, 2.24) is 5.32 Å². The Kier molecular flexibility index (Phi) is 5.12. The lowest BCUT2D eigenvalue weighted by atomic mass is 10.2. The molecule has 0 saturated carbocycles. The second kappa shape index (κ2) is 6.40. The minimum atomic E-state index is -4.41. The first kappa shape index (κ1) is 16.0. The first-order valence-electron chi connectivity index (χ1n) is 6.01. The van der Waals surface area contributed by atoms with Gasteiger partial charge in [-0.15, -0.1) is 0 Å². The van der Waals surface area contributed by atoms with Gasteiger partial charge in [0.25, 0.3) is 0 Å². The summed E-state index contributed by atoms with van der Waals surface area (Å²) >= 11 is 0. The number of amides is 2. The Balaban J connectivity index is 2.61. The van der Waals surface area contributed by atoms with E-state index < -0.39 is 23.8 Å². The number of halogens is 3. The molecule has 0 spiro atoms. The van der Waals surface area contributed by atoms with Gasteiger partial charge in [-0.2, -0.15) is 13.2 Å². The molecule has 2 N–H and O–H groups in total. The summed E-state index contributed by atoms with van der Waals surface area (Å²) in [6.07, 6.45) is -4.12. The fourth-order valence-corrected chi connectivity index (χ4v) is 1.49. The van der Waals surface area contributed by atoms with Crippen molar-refractivity contribution in [2.75, 3.05) is 5.32 Å². The third kappa shape index (κ3) is 4.56.